The van der Waals surface area contributed by atoms with Gasteiger partial charge in [-0.3, -0.25) is 4.79 Å². The molecule has 0 amide bonds. The summed E-state index contributed by atoms with van der Waals surface area (Å²) in [6, 6.07) is 20.1. The smallest absolute Gasteiger partial charge is 0.221 e. The number of furan rings is 2. The first-order valence-corrected chi connectivity index (χ1v) is 9.70. The van der Waals surface area contributed by atoms with Gasteiger partial charge in [0.15, 0.2) is 5.76 Å². The first-order valence-electron chi connectivity index (χ1n) is 8.95. The first kappa shape index (κ1) is 19.3. The molecule has 2 heterocycles. The molecule has 144 valence electrons. The number of carbonyl (C=O) groups is 1. The summed E-state index contributed by atoms with van der Waals surface area (Å²) in [5.41, 5.74) is 2.60. The quantitative estimate of drug-likeness (QED) is 0.244. The van der Waals surface area contributed by atoms with Gasteiger partial charge in [-0.1, -0.05) is 47.5 Å². The fourth-order valence-corrected chi connectivity index (χ4v) is 3.27. The molecular weight excluding hydrogens is 407 g/mol. The molecule has 0 unspecified atom stereocenters. The fourth-order valence-electron chi connectivity index (χ4n) is 2.86. The summed E-state index contributed by atoms with van der Waals surface area (Å²) in [6.07, 6.45) is 3.02. The maximum absolute atomic E-state index is 12.4. The number of ketones is 1. The predicted molar refractivity (Wildman–Crippen MR) is 116 cm³/mol. The number of rotatable bonds is 5. The van der Waals surface area contributed by atoms with Crippen LogP contribution in [0.2, 0.25) is 10.0 Å². The number of allylic oxidation sites excluding steroid dienone is 1. The fraction of sp³-hybridized carbons (Fsp3) is 0.0417. The Kier molecular flexibility index (Phi) is 5.43. The molecule has 0 saturated heterocycles. The van der Waals surface area contributed by atoms with Crippen LogP contribution in [0, 0.1) is 6.92 Å². The summed E-state index contributed by atoms with van der Waals surface area (Å²) in [7, 11) is 0. The highest BCUT2D eigenvalue weighted by Crippen LogP contribution is 2.30. The topological polar surface area (TPSA) is 43.4 Å². The molecule has 0 N–H and O–H groups in total. The number of benzene rings is 2. The van der Waals surface area contributed by atoms with E-state index in [0.717, 1.165) is 16.7 Å². The number of hydrogen-bond donors (Lipinski definition) is 0. The summed E-state index contributed by atoms with van der Waals surface area (Å²) < 4.78 is 11.5. The van der Waals surface area contributed by atoms with E-state index in [1.165, 1.54) is 6.08 Å². The minimum atomic E-state index is -0.259. The van der Waals surface area contributed by atoms with Gasteiger partial charge in [0.1, 0.15) is 17.3 Å². The second-order valence-electron chi connectivity index (χ2n) is 6.51. The van der Waals surface area contributed by atoms with Crippen molar-refractivity contribution < 1.29 is 13.6 Å². The molecule has 0 aliphatic carbocycles. The average Bonchev–Trinajstić information content (AvgIpc) is 3.38. The first-order chi connectivity index (χ1) is 14.0. The average molecular weight is 423 g/mol. The Morgan fingerprint density at radius 1 is 0.862 bits per heavy atom. The molecule has 2 aromatic heterocycles. The minimum absolute atomic E-state index is 0.242. The van der Waals surface area contributed by atoms with E-state index in [4.69, 9.17) is 32.0 Å². The van der Waals surface area contributed by atoms with Crippen molar-refractivity contribution >= 4 is 35.1 Å². The van der Waals surface area contributed by atoms with Gasteiger partial charge in [0.05, 0.1) is 5.02 Å². The summed E-state index contributed by atoms with van der Waals surface area (Å²) in [4.78, 5) is 12.4. The third-order valence-corrected chi connectivity index (χ3v) is 5.21. The largest absolute Gasteiger partial charge is 0.457 e. The van der Waals surface area contributed by atoms with Crippen LogP contribution in [-0.4, -0.2) is 5.78 Å². The molecule has 4 rings (SSSR count). The molecule has 4 aromatic rings. The van der Waals surface area contributed by atoms with Crippen molar-refractivity contribution in [2.45, 2.75) is 6.92 Å². The predicted octanol–water partition coefficient (Wildman–Crippen LogP) is 7.72. The highest BCUT2D eigenvalue weighted by Gasteiger charge is 2.12. The van der Waals surface area contributed by atoms with Gasteiger partial charge in [0.25, 0.3) is 0 Å². The normalized spacial score (nSPS) is 11.3. The van der Waals surface area contributed by atoms with Crippen molar-refractivity contribution in [1.82, 2.24) is 0 Å². The van der Waals surface area contributed by atoms with Crippen molar-refractivity contribution in [2.24, 2.45) is 0 Å². The molecule has 29 heavy (non-hydrogen) atoms. The van der Waals surface area contributed by atoms with Gasteiger partial charge in [-0.05, 0) is 67.1 Å². The molecule has 5 heteroatoms. The second-order valence-corrected chi connectivity index (χ2v) is 7.32. The van der Waals surface area contributed by atoms with Crippen molar-refractivity contribution in [1.29, 1.82) is 0 Å². The Bertz CT molecular complexity index is 1210. The van der Waals surface area contributed by atoms with E-state index in [-0.39, 0.29) is 11.5 Å². The Morgan fingerprint density at radius 2 is 1.66 bits per heavy atom. The summed E-state index contributed by atoms with van der Waals surface area (Å²) in [6.45, 7) is 1.93. The lowest BCUT2D eigenvalue weighted by atomic mass is 10.1. The maximum atomic E-state index is 12.4. The number of carbonyl (C=O) groups excluding carboxylic acids is 1. The summed E-state index contributed by atoms with van der Waals surface area (Å²) in [5, 5.41) is 1.26. The molecule has 0 bridgehead atoms. The Labute approximate surface area is 178 Å². The molecule has 0 spiro atoms. The van der Waals surface area contributed by atoms with E-state index < -0.39 is 0 Å². The van der Waals surface area contributed by atoms with E-state index in [0.29, 0.717) is 27.3 Å². The monoisotopic (exact) mass is 422 g/mol. The zero-order chi connectivity index (χ0) is 20.4. The molecular formula is C24H16Cl2O3. The van der Waals surface area contributed by atoms with Gasteiger partial charge in [-0.2, -0.15) is 0 Å². The van der Waals surface area contributed by atoms with Crippen molar-refractivity contribution in [3.05, 3.63) is 99.9 Å². The molecule has 0 atom stereocenters. The van der Waals surface area contributed by atoms with Crippen LogP contribution in [0.5, 0.6) is 0 Å². The van der Waals surface area contributed by atoms with Gasteiger partial charge in [0, 0.05) is 16.1 Å². The Balaban J connectivity index is 1.50. The van der Waals surface area contributed by atoms with Crippen LogP contribution in [0.3, 0.4) is 0 Å². The maximum Gasteiger partial charge on any atom is 0.221 e. The van der Waals surface area contributed by atoms with Gasteiger partial charge >= 0.3 is 0 Å². The lowest BCUT2D eigenvalue weighted by Gasteiger charge is -2.00. The zero-order valence-electron chi connectivity index (χ0n) is 15.5. The zero-order valence-corrected chi connectivity index (χ0v) is 17.0. The molecule has 0 aliphatic rings. The highest BCUT2D eigenvalue weighted by molar-refractivity contribution is 6.33. The molecule has 3 nitrogen and oxygen atoms in total. The van der Waals surface area contributed by atoms with Crippen LogP contribution in [-0.2, 0) is 0 Å². The van der Waals surface area contributed by atoms with Crippen molar-refractivity contribution in [3.8, 4) is 22.6 Å². The van der Waals surface area contributed by atoms with Gasteiger partial charge < -0.3 is 8.83 Å². The molecule has 0 fully saturated rings. The second kappa shape index (κ2) is 8.16. The third kappa shape index (κ3) is 4.21. The lowest BCUT2D eigenvalue weighted by Crippen LogP contribution is -1.90. The van der Waals surface area contributed by atoms with E-state index >= 15 is 0 Å². The summed E-state index contributed by atoms with van der Waals surface area (Å²) in [5.74, 6) is 1.75. The van der Waals surface area contributed by atoms with E-state index in [2.05, 4.69) is 0 Å². The van der Waals surface area contributed by atoms with Gasteiger partial charge in [-0.15, -0.1) is 0 Å². The van der Waals surface area contributed by atoms with Crippen LogP contribution in [0.4, 0.5) is 0 Å². The molecule has 2 aromatic carbocycles. The standard InChI is InChI=1S/C24H16Cl2O3/c1-15-6-7-16(14-20(15)26)22-12-13-24(29-22)21(27)10-8-17-9-11-23(28-17)18-4-2-3-5-19(18)25/h2-14H,1H3. The van der Waals surface area contributed by atoms with Crippen LogP contribution in [0.15, 0.2) is 81.6 Å². The SMILES string of the molecule is Cc1ccc(-c2ccc(C(=O)C=Cc3ccc(-c4ccccc4Cl)o3)o2)cc1Cl. The highest BCUT2D eigenvalue weighted by atomic mass is 35.5. The number of aryl methyl sites for hydroxylation is 1. The molecule has 0 saturated carbocycles. The Hall–Kier alpha value is -3.01. The van der Waals surface area contributed by atoms with E-state index in [9.17, 15) is 4.79 Å². The van der Waals surface area contributed by atoms with Gasteiger partial charge in [0.2, 0.25) is 5.78 Å². The molecule has 0 aliphatic heterocycles. The van der Waals surface area contributed by atoms with Gasteiger partial charge in [-0.25, -0.2) is 0 Å². The van der Waals surface area contributed by atoms with Crippen molar-refractivity contribution in [3.63, 3.8) is 0 Å². The van der Waals surface area contributed by atoms with Crippen LogP contribution >= 0.6 is 23.2 Å². The number of halogens is 2. The van der Waals surface area contributed by atoms with Crippen molar-refractivity contribution in [2.75, 3.05) is 0 Å². The van der Waals surface area contributed by atoms with Crippen LogP contribution in [0.1, 0.15) is 21.9 Å². The lowest BCUT2D eigenvalue weighted by molar-refractivity contribution is 0.102. The van der Waals surface area contributed by atoms with E-state index in [1.54, 1.807) is 30.3 Å². The van der Waals surface area contributed by atoms with Crippen LogP contribution < -0.4 is 0 Å². The van der Waals surface area contributed by atoms with Crippen LogP contribution in [0.25, 0.3) is 28.7 Å². The minimum Gasteiger partial charge on any atom is -0.457 e. The molecule has 0 radical (unpaired) electrons. The number of hydrogen-bond acceptors (Lipinski definition) is 3. The van der Waals surface area contributed by atoms with E-state index in [1.807, 2.05) is 49.4 Å². The Morgan fingerprint density at radius 3 is 2.45 bits per heavy atom. The third-order valence-electron chi connectivity index (χ3n) is 4.47. The summed E-state index contributed by atoms with van der Waals surface area (Å²) >= 11 is 12.4.